The number of carbonyl (C=O) groups is 1. The average molecular weight is 376 g/mol. The fraction of sp³-hybridized carbons (Fsp3) is 0.391. The van der Waals surface area contributed by atoms with Gasteiger partial charge in [-0.05, 0) is 55.0 Å². The number of benzene rings is 1. The molecule has 0 amide bonds. The first-order valence-corrected chi connectivity index (χ1v) is 9.71. The summed E-state index contributed by atoms with van der Waals surface area (Å²) in [5.41, 5.74) is 4.13. The van der Waals surface area contributed by atoms with Gasteiger partial charge in [0.1, 0.15) is 5.94 Å². The average Bonchev–Trinajstić information content (AvgIpc) is 2.74. The van der Waals surface area contributed by atoms with E-state index in [9.17, 15) is 9.59 Å². The first-order chi connectivity index (χ1) is 13.6. The Hall–Kier alpha value is -3.09. The molecule has 0 unspecified atom stereocenters. The van der Waals surface area contributed by atoms with Crippen molar-refractivity contribution in [2.75, 3.05) is 19.7 Å². The van der Waals surface area contributed by atoms with Crippen LogP contribution in [0.15, 0.2) is 47.7 Å². The maximum Gasteiger partial charge on any atom is 0.306 e. The molecule has 28 heavy (non-hydrogen) atoms. The lowest BCUT2D eigenvalue weighted by Crippen LogP contribution is -2.34. The molecule has 0 bridgehead atoms. The van der Waals surface area contributed by atoms with Gasteiger partial charge in [-0.15, -0.1) is 0 Å². The van der Waals surface area contributed by atoms with Gasteiger partial charge in [-0.3, -0.25) is 4.79 Å². The van der Waals surface area contributed by atoms with Gasteiger partial charge in [-0.1, -0.05) is 18.2 Å². The highest BCUT2D eigenvalue weighted by molar-refractivity contribution is 5.89. The first kappa shape index (κ1) is 19.7. The second kappa shape index (κ2) is 9.21. The lowest BCUT2D eigenvalue weighted by Gasteiger charge is -2.36. The van der Waals surface area contributed by atoms with Gasteiger partial charge in [-0.2, -0.15) is 5.26 Å². The van der Waals surface area contributed by atoms with E-state index in [1.165, 1.54) is 0 Å². The van der Waals surface area contributed by atoms with Crippen LogP contribution in [0.25, 0.3) is 5.57 Å². The Morgan fingerprint density at radius 3 is 2.54 bits per heavy atom. The standard InChI is InChI=1S/C23H24N2O3/c1-2-28-23(27)13-17-9-11-25(12-10-17)21-7-8-22(20(14-21)16-26)19-5-3-18(15-24)4-6-19/h3-8,17H,2,9-14H2,1H3. The van der Waals surface area contributed by atoms with Gasteiger partial charge in [0.2, 0.25) is 0 Å². The molecule has 1 aliphatic heterocycles. The summed E-state index contributed by atoms with van der Waals surface area (Å²) in [4.78, 5) is 25.5. The van der Waals surface area contributed by atoms with Gasteiger partial charge in [0, 0.05) is 37.2 Å². The lowest BCUT2D eigenvalue weighted by molar-refractivity contribution is -0.144. The van der Waals surface area contributed by atoms with Crippen molar-refractivity contribution in [3.05, 3.63) is 58.8 Å². The Morgan fingerprint density at radius 2 is 1.93 bits per heavy atom. The summed E-state index contributed by atoms with van der Waals surface area (Å²) < 4.78 is 5.05. The third kappa shape index (κ3) is 4.60. The van der Waals surface area contributed by atoms with E-state index in [1.807, 2.05) is 25.1 Å². The topological polar surface area (TPSA) is 70.4 Å². The fourth-order valence-corrected chi connectivity index (χ4v) is 3.80. The maximum atomic E-state index is 11.7. The van der Waals surface area contributed by atoms with E-state index in [4.69, 9.17) is 10.00 Å². The van der Waals surface area contributed by atoms with Crippen LogP contribution in [-0.2, 0) is 14.3 Å². The van der Waals surface area contributed by atoms with Gasteiger partial charge in [0.25, 0.3) is 0 Å². The number of ether oxygens (including phenoxy) is 1. The van der Waals surface area contributed by atoms with Crippen LogP contribution >= 0.6 is 0 Å². The second-order valence-corrected chi connectivity index (χ2v) is 7.12. The van der Waals surface area contributed by atoms with Crippen LogP contribution in [0, 0.1) is 17.2 Å². The van der Waals surface area contributed by atoms with Gasteiger partial charge >= 0.3 is 5.97 Å². The molecular weight excluding hydrogens is 352 g/mol. The second-order valence-electron chi connectivity index (χ2n) is 7.12. The number of piperidine rings is 1. The largest absolute Gasteiger partial charge is 0.466 e. The number of nitriles is 1. The monoisotopic (exact) mass is 376 g/mol. The summed E-state index contributed by atoms with van der Waals surface area (Å²) in [5.74, 6) is 2.36. The van der Waals surface area contributed by atoms with Crippen molar-refractivity contribution in [2.24, 2.45) is 5.92 Å². The van der Waals surface area contributed by atoms with Crippen molar-refractivity contribution in [1.82, 2.24) is 4.90 Å². The minimum atomic E-state index is -0.112. The Kier molecular flexibility index (Phi) is 6.47. The predicted molar refractivity (Wildman–Crippen MR) is 107 cm³/mol. The number of likely N-dealkylation sites (tertiary alicyclic amines) is 1. The molecule has 5 nitrogen and oxygen atoms in total. The smallest absolute Gasteiger partial charge is 0.306 e. The number of rotatable bonds is 5. The van der Waals surface area contributed by atoms with Crippen molar-refractivity contribution >= 4 is 17.5 Å². The van der Waals surface area contributed by atoms with E-state index in [0.717, 1.165) is 42.8 Å². The third-order valence-corrected chi connectivity index (χ3v) is 5.35. The number of hydrogen-bond acceptors (Lipinski definition) is 5. The van der Waals surface area contributed by atoms with Gasteiger partial charge in [0.15, 0.2) is 0 Å². The maximum absolute atomic E-state index is 11.7. The zero-order valence-corrected chi connectivity index (χ0v) is 16.1. The minimum absolute atomic E-state index is 0.112. The molecule has 2 aliphatic rings. The van der Waals surface area contributed by atoms with E-state index in [-0.39, 0.29) is 5.97 Å². The molecule has 1 saturated heterocycles. The number of hydrogen-bond donors (Lipinski definition) is 0. The molecule has 0 N–H and O–H groups in total. The van der Waals surface area contributed by atoms with E-state index in [1.54, 1.807) is 12.1 Å². The van der Waals surface area contributed by atoms with Crippen molar-refractivity contribution in [3.8, 4) is 6.07 Å². The molecule has 1 fully saturated rings. The van der Waals surface area contributed by atoms with Crippen LogP contribution in [0.4, 0.5) is 0 Å². The van der Waals surface area contributed by atoms with E-state index in [0.29, 0.717) is 36.5 Å². The van der Waals surface area contributed by atoms with Crippen molar-refractivity contribution in [1.29, 1.82) is 5.26 Å². The van der Waals surface area contributed by atoms with Crippen LogP contribution < -0.4 is 0 Å². The third-order valence-electron chi connectivity index (χ3n) is 5.35. The number of carbonyl (C=O) groups excluding carboxylic acids is 2. The van der Waals surface area contributed by atoms with E-state index < -0.39 is 0 Å². The van der Waals surface area contributed by atoms with Crippen LogP contribution in [-0.4, -0.2) is 36.5 Å². The zero-order chi connectivity index (χ0) is 19.9. The van der Waals surface area contributed by atoms with E-state index in [2.05, 4.69) is 23.0 Å². The van der Waals surface area contributed by atoms with Crippen LogP contribution in [0.1, 0.15) is 43.7 Å². The summed E-state index contributed by atoms with van der Waals surface area (Å²) in [6.45, 7) is 4.01. The Bertz CT molecular complexity index is 875. The molecule has 0 radical (unpaired) electrons. The zero-order valence-electron chi connectivity index (χ0n) is 16.1. The Balaban J connectivity index is 1.67. The Morgan fingerprint density at radius 1 is 1.21 bits per heavy atom. The molecule has 1 aromatic rings. The highest BCUT2D eigenvalue weighted by Crippen LogP contribution is 2.34. The molecule has 144 valence electrons. The SMILES string of the molecule is CCOC(=O)CC1CCN(C2=CC=C(c3ccc(C#N)cc3)C(=C=O)C2)CC1. The summed E-state index contributed by atoms with van der Waals surface area (Å²) in [6, 6.07) is 9.34. The normalized spacial score (nSPS) is 17.3. The van der Waals surface area contributed by atoms with Crippen LogP contribution in [0.3, 0.4) is 0 Å². The Labute approximate surface area is 165 Å². The molecule has 3 rings (SSSR count). The molecule has 5 heteroatoms. The quantitative estimate of drug-likeness (QED) is 0.579. The molecule has 0 atom stereocenters. The molecule has 0 saturated carbocycles. The summed E-state index contributed by atoms with van der Waals surface area (Å²) in [7, 11) is 0. The fourth-order valence-electron chi connectivity index (χ4n) is 3.80. The van der Waals surface area contributed by atoms with Crippen molar-refractivity contribution < 1.29 is 14.3 Å². The molecular formula is C23H24N2O3. The molecule has 1 heterocycles. The number of esters is 1. The minimum Gasteiger partial charge on any atom is -0.466 e. The van der Waals surface area contributed by atoms with Gasteiger partial charge in [-0.25, -0.2) is 4.79 Å². The molecule has 0 aromatic heterocycles. The lowest BCUT2D eigenvalue weighted by atomic mass is 9.89. The molecule has 1 aromatic carbocycles. The summed E-state index contributed by atoms with van der Waals surface area (Å²) in [5, 5.41) is 8.94. The highest BCUT2D eigenvalue weighted by atomic mass is 16.5. The first-order valence-electron chi connectivity index (χ1n) is 9.71. The molecule has 0 spiro atoms. The van der Waals surface area contributed by atoms with Gasteiger partial charge in [0.05, 0.1) is 18.2 Å². The number of nitrogens with zero attached hydrogens (tertiary/aromatic N) is 2. The van der Waals surface area contributed by atoms with Crippen LogP contribution in [0.2, 0.25) is 0 Å². The van der Waals surface area contributed by atoms with Gasteiger partial charge < -0.3 is 9.64 Å². The van der Waals surface area contributed by atoms with Crippen molar-refractivity contribution in [3.63, 3.8) is 0 Å². The summed E-state index contributed by atoms with van der Waals surface area (Å²) in [6.07, 6.45) is 6.97. The van der Waals surface area contributed by atoms with E-state index >= 15 is 0 Å². The summed E-state index contributed by atoms with van der Waals surface area (Å²) >= 11 is 0. The predicted octanol–water partition coefficient (Wildman–Crippen LogP) is 3.65. The highest BCUT2D eigenvalue weighted by Gasteiger charge is 2.25. The van der Waals surface area contributed by atoms with Crippen LogP contribution in [0.5, 0.6) is 0 Å². The number of allylic oxidation sites excluding steroid dienone is 4. The van der Waals surface area contributed by atoms with Crippen molar-refractivity contribution in [2.45, 2.75) is 32.6 Å². The molecule has 1 aliphatic carbocycles.